The molecular weight excluding hydrogens is 447 g/mol. The van der Waals surface area contributed by atoms with Crippen LogP contribution in [0, 0.1) is 5.82 Å². The van der Waals surface area contributed by atoms with Gasteiger partial charge in [-0.15, -0.1) is 0 Å². The van der Waals surface area contributed by atoms with Gasteiger partial charge in [-0.25, -0.2) is 9.18 Å². The van der Waals surface area contributed by atoms with Gasteiger partial charge in [0.15, 0.2) is 0 Å². The number of nitrogens with zero attached hydrogens (tertiary/aromatic N) is 2. The summed E-state index contributed by atoms with van der Waals surface area (Å²) < 4.78 is 20.1. The summed E-state index contributed by atoms with van der Waals surface area (Å²) in [6, 6.07) is 8.26. The van der Waals surface area contributed by atoms with Crippen LogP contribution < -0.4 is 15.5 Å². The summed E-state index contributed by atoms with van der Waals surface area (Å²) in [5, 5.41) is 15.2. The van der Waals surface area contributed by atoms with Crippen LogP contribution in [0.15, 0.2) is 36.5 Å². The molecule has 0 aliphatic carbocycles. The lowest BCUT2D eigenvalue weighted by molar-refractivity contribution is -0.119. The Morgan fingerprint density at radius 1 is 1.39 bits per heavy atom. The largest absolute Gasteiger partial charge is 0.442 e. The van der Waals surface area contributed by atoms with Crippen molar-refractivity contribution in [1.29, 1.82) is 0 Å². The van der Waals surface area contributed by atoms with Gasteiger partial charge in [-0.1, -0.05) is 6.07 Å². The summed E-state index contributed by atoms with van der Waals surface area (Å²) in [5.41, 5.74) is 2.28. The smallest absolute Gasteiger partial charge is 0.414 e. The van der Waals surface area contributed by atoms with Crippen molar-refractivity contribution in [3.63, 3.8) is 0 Å². The third-order valence-electron chi connectivity index (χ3n) is 4.94. The summed E-state index contributed by atoms with van der Waals surface area (Å²) in [6.07, 6.45) is 0.284. The number of hydrogen-bond acceptors (Lipinski definition) is 7. The van der Waals surface area contributed by atoms with Gasteiger partial charge in [-0.05, 0) is 31.2 Å². The molecule has 2 heterocycles. The molecule has 1 aromatic heterocycles. The van der Waals surface area contributed by atoms with Gasteiger partial charge in [-0.2, -0.15) is 11.8 Å². The quantitative estimate of drug-likeness (QED) is 0.428. The monoisotopic (exact) mass is 476 g/mol. The highest BCUT2D eigenvalue weighted by Gasteiger charge is 2.32. The molecule has 1 aliphatic rings. The number of halogens is 1. The minimum atomic E-state index is -0.569. The molecule has 3 rings (SSSR count). The van der Waals surface area contributed by atoms with E-state index >= 15 is 0 Å². The van der Waals surface area contributed by atoms with Crippen LogP contribution in [0.1, 0.15) is 19.5 Å². The lowest BCUT2D eigenvalue weighted by atomic mass is 10.1. The maximum Gasteiger partial charge on any atom is 0.414 e. The zero-order valence-electron chi connectivity index (χ0n) is 18.7. The standard InChI is InChI=1S/C23H29FN4O4S/c1-15(29)14-33-8-7-25-11-18-4-3-17(10-27-18)21-6-5-19(9-22(21)24)28-13-20(32-23(28)31)12-26-16(2)30/h3-6,9-10,15,20,25,29H,7-8,11-14H2,1-2H3,(H,26,30)/t15?,20-/m0/s1. The molecule has 1 unspecified atom stereocenters. The van der Waals surface area contributed by atoms with Gasteiger partial charge >= 0.3 is 6.09 Å². The molecule has 0 saturated carbocycles. The number of thioether (sulfide) groups is 1. The topological polar surface area (TPSA) is 104 Å². The highest BCUT2D eigenvalue weighted by molar-refractivity contribution is 7.99. The fourth-order valence-corrected chi connectivity index (χ4v) is 4.10. The van der Waals surface area contributed by atoms with Gasteiger partial charge in [0.05, 0.1) is 30.6 Å². The molecule has 33 heavy (non-hydrogen) atoms. The van der Waals surface area contributed by atoms with E-state index in [4.69, 9.17) is 4.74 Å². The van der Waals surface area contributed by atoms with Crippen molar-refractivity contribution < 1.29 is 23.8 Å². The third kappa shape index (κ3) is 7.41. The van der Waals surface area contributed by atoms with Crippen LogP contribution in [0.4, 0.5) is 14.9 Å². The minimum Gasteiger partial charge on any atom is -0.442 e. The van der Waals surface area contributed by atoms with Crippen LogP contribution in [-0.2, 0) is 16.1 Å². The van der Waals surface area contributed by atoms with Crippen molar-refractivity contribution in [2.75, 3.05) is 36.0 Å². The second kappa shape index (κ2) is 12.0. The van der Waals surface area contributed by atoms with Gasteiger partial charge in [0.2, 0.25) is 5.91 Å². The Balaban J connectivity index is 1.55. The molecule has 8 nitrogen and oxygen atoms in total. The summed E-state index contributed by atoms with van der Waals surface area (Å²) >= 11 is 1.69. The number of aliphatic hydroxyl groups is 1. The summed E-state index contributed by atoms with van der Waals surface area (Å²) in [6.45, 7) is 5.02. The molecule has 3 N–H and O–H groups in total. The van der Waals surface area contributed by atoms with Crippen molar-refractivity contribution in [1.82, 2.24) is 15.6 Å². The van der Waals surface area contributed by atoms with Crippen LogP contribution >= 0.6 is 11.8 Å². The number of carbonyl (C=O) groups excluding carboxylic acids is 2. The molecular formula is C23H29FN4O4S. The van der Waals surface area contributed by atoms with Gasteiger partial charge in [0, 0.05) is 48.8 Å². The van der Waals surface area contributed by atoms with E-state index in [0.29, 0.717) is 23.4 Å². The Kier molecular flexibility index (Phi) is 9.04. The van der Waals surface area contributed by atoms with E-state index in [9.17, 15) is 19.1 Å². The molecule has 1 aliphatic heterocycles. The zero-order chi connectivity index (χ0) is 23.8. The predicted octanol–water partition coefficient (Wildman–Crippen LogP) is 2.55. The fourth-order valence-electron chi connectivity index (χ4n) is 3.31. The molecule has 0 radical (unpaired) electrons. The first-order valence-corrected chi connectivity index (χ1v) is 11.9. The van der Waals surface area contributed by atoms with Crippen LogP contribution in [-0.4, -0.2) is 65.4 Å². The van der Waals surface area contributed by atoms with Gasteiger partial charge < -0.3 is 20.5 Å². The van der Waals surface area contributed by atoms with E-state index in [-0.39, 0.29) is 25.1 Å². The summed E-state index contributed by atoms with van der Waals surface area (Å²) in [4.78, 5) is 29.0. The minimum absolute atomic E-state index is 0.206. The second-order valence-electron chi connectivity index (χ2n) is 7.86. The van der Waals surface area contributed by atoms with Crippen molar-refractivity contribution in [3.05, 3.63) is 48.0 Å². The molecule has 1 aromatic carbocycles. The molecule has 1 fully saturated rings. The van der Waals surface area contributed by atoms with Crippen LogP contribution in [0.2, 0.25) is 0 Å². The molecule has 0 bridgehead atoms. The Labute approximate surface area is 196 Å². The lowest BCUT2D eigenvalue weighted by Gasteiger charge is -2.14. The number of anilines is 1. The Morgan fingerprint density at radius 3 is 2.88 bits per heavy atom. The number of carbonyl (C=O) groups is 2. The summed E-state index contributed by atoms with van der Waals surface area (Å²) in [5.74, 6) is 0.949. The number of benzene rings is 1. The Bertz CT molecular complexity index is 958. The van der Waals surface area contributed by atoms with E-state index in [1.165, 1.54) is 17.9 Å². The van der Waals surface area contributed by atoms with E-state index in [1.807, 2.05) is 12.1 Å². The highest BCUT2D eigenvalue weighted by atomic mass is 32.2. The molecule has 0 spiro atoms. The first kappa shape index (κ1) is 24.9. The molecule has 2 aromatic rings. The molecule has 1 saturated heterocycles. The third-order valence-corrected chi connectivity index (χ3v) is 6.15. The van der Waals surface area contributed by atoms with Crippen molar-refractivity contribution in [2.24, 2.45) is 0 Å². The number of rotatable bonds is 11. The maximum absolute atomic E-state index is 14.8. The number of aliphatic hydroxyl groups excluding tert-OH is 1. The fraction of sp³-hybridized carbons (Fsp3) is 0.435. The SMILES string of the molecule is CC(=O)NC[C@H]1CN(c2ccc(-c3ccc(CNCCSCC(C)O)nc3)c(F)c2)C(=O)O1. The first-order valence-electron chi connectivity index (χ1n) is 10.8. The van der Waals surface area contributed by atoms with Crippen LogP contribution in [0.3, 0.4) is 0 Å². The normalized spacial score (nSPS) is 16.5. The molecule has 10 heteroatoms. The van der Waals surface area contributed by atoms with Crippen LogP contribution in [0.5, 0.6) is 0 Å². The van der Waals surface area contributed by atoms with Gasteiger partial charge in [0.25, 0.3) is 0 Å². The average Bonchev–Trinajstić information content (AvgIpc) is 3.15. The van der Waals surface area contributed by atoms with Crippen molar-refractivity contribution in [2.45, 2.75) is 32.6 Å². The summed E-state index contributed by atoms with van der Waals surface area (Å²) in [7, 11) is 0. The van der Waals surface area contributed by atoms with Crippen LogP contribution in [0.25, 0.3) is 11.1 Å². The number of cyclic esters (lactones) is 1. The van der Waals surface area contributed by atoms with E-state index in [0.717, 1.165) is 23.7 Å². The second-order valence-corrected chi connectivity index (χ2v) is 9.01. The number of hydrogen-bond donors (Lipinski definition) is 3. The predicted molar refractivity (Wildman–Crippen MR) is 127 cm³/mol. The molecule has 2 atom stereocenters. The maximum atomic E-state index is 14.8. The van der Waals surface area contributed by atoms with Crippen molar-refractivity contribution >= 4 is 29.4 Å². The lowest BCUT2D eigenvalue weighted by Crippen LogP contribution is -2.33. The van der Waals surface area contributed by atoms with Crippen molar-refractivity contribution in [3.8, 4) is 11.1 Å². The number of pyridine rings is 1. The average molecular weight is 477 g/mol. The molecule has 178 valence electrons. The van der Waals surface area contributed by atoms with Gasteiger partial charge in [-0.3, -0.25) is 14.7 Å². The van der Waals surface area contributed by atoms with Gasteiger partial charge in [0.1, 0.15) is 11.9 Å². The number of nitrogens with one attached hydrogen (secondary N) is 2. The Morgan fingerprint density at radius 2 is 2.21 bits per heavy atom. The first-order chi connectivity index (χ1) is 15.8. The highest BCUT2D eigenvalue weighted by Crippen LogP contribution is 2.28. The number of ether oxygens (including phenoxy) is 1. The molecule has 2 amide bonds. The Hall–Kier alpha value is -2.69. The number of aromatic nitrogens is 1. The number of amides is 2. The zero-order valence-corrected chi connectivity index (χ0v) is 19.5. The van der Waals surface area contributed by atoms with E-state index in [2.05, 4.69) is 15.6 Å². The van der Waals surface area contributed by atoms with E-state index < -0.39 is 18.0 Å². The van der Waals surface area contributed by atoms with E-state index in [1.54, 1.807) is 37.0 Å².